The van der Waals surface area contributed by atoms with Crippen LogP contribution in [0.4, 0.5) is 0 Å². The number of rotatable bonds is 3. The summed E-state index contributed by atoms with van der Waals surface area (Å²) >= 11 is 0. The lowest BCUT2D eigenvalue weighted by atomic mass is 10.0. The quantitative estimate of drug-likeness (QED) is 0.727. The van der Waals surface area contributed by atoms with Gasteiger partial charge in [-0.3, -0.25) is 4.90 Å². The highest BCUT2D eigenvalue weighted by atomic mass is 16.5. The summed E-state index contributed by atoms with van der Waals surface area (Å²) < 4.78 is 5.43. The van der Waals surface area contributed by atoms with Gasteiger partial charge in [0.05, 0.1) is 6.61 Å². The number of piperidine rings is 1. The van der Waals surface area contributed by atoms with Crippen LogP contribution in [0.2, 0.25) is 0 Å². The van der Waals surface area contributed by atoms with Gasteiger partial charge < -0.3 is 10.1 Å². The average Bonchev–Trinajstić information content (AvgIpc) is 2.72. The zero-order valence-corrected chi connectivity index (χ0v) is 9.17. The maximum absolute atomic E-state index is 5.43. The van der Waals surface area contributed by atoms with Crippen LogP contribution in [0.15, 0.2) is 0 Å². The number of hydrogen-bond donors (Lipinski definition) is 1. The standard InChI is InChI=1S/C11H22N2O/c1-2-12-10-3-6-13(7-4-10)11-5-8-14-9-11/h10-12H,2-9H2,1H3. The van der Waals surface area contributed by atoms with Gasteiger partial charge in [0.15, 0.2) is 0 Å². The van der Waals surface area contributed by atoms with Gasteiger partial charge in [-0.2, -0.15) is 0 Å². The lowest BCUT2D eigenvalue weighted by molar-refractivity contribution is 0.117. The Labute approximate surface area is 86.8 Å². The van der Waals surface area contributed by atoms with E-state index in [0.29, 0.717) is 0 Å². The fourth-order valence-electron chi connectivity index (χ4n) is 2.57. The van der Waals surface area contributed by atoms with E-state index in [1.807, 2.05) is 0 Å². The first-order chi connectivity index (χ1) is 6.90. The van der Waals surface area contributed by atoms with Crippen LogP contribution in [0.1, 0.15) is 26.2 Å². The van der Waals surface area contributed by atoms with E-state index < -0.39 is 0 Å². The molecule has 0 radical (unpaired) electrons. The molecule has 14 heavy (non-hydrogen) atoms. The molecule has 0 aliphatic carbocycles. The molecule has 1 unspecified atom stereocenters. The molecule has 0 spiro atoms. The Morgan fingerprint density at radius 1 is 1.29 bits per heavy atom. The first-order valence-electron chi connectivity index (χ1n) is 5.95. The molecule has 0 aromatic heterocycles. The molecule has 0 bridgehead atoms. The molecule has 82 valence electrons. The highest BCUT2D eigenvalue weighted by Crippen LogP contribution is 2.18. The molecule has 2 rings (SSSR count). The van der Waals surface area contributed by atoms with Crippen molar-refractivity contribution < 1.29 is 4.74 Å². The Morgan fingerprint density at radius 2 is 2.07 bits per heavy atom. The van der Waals surface area contributed by atoms with Gasteiger partial charge in [0.2, 0.25) is 0 Å². The van der Waals surface area contributed by atoms with Gasteiger partial charge in [-0.05, 0) is 25.8 Å². The van der Waals surface area contributed by atoms with E-state index in [1.165, 1.54) is 32.4 Å². The Balaban J connectivity index is 1.72. The summed E-state index contributed by atoms with van der Waals surface area (Å²) in [5.41, 5.74) is 0. The molecule has 2 fully saturated rings. The van der Waals surface area contributed by atoms with Crippen LogP contribution in [-0.2, 0) is 4.74 Å². The Kier molecular flexibility index (Phi) is 3.79. The van der Waals surface area contributed by atoms with Crippen molar-refractivity contribution in [3.63, 3.8) is 0 Å². The number of likely N-dealkylation sites (tertiary alicyclic amines) is 1. The SMILES string of the molecule is CCNC1CCN(C2CCOC2)CC1. The predicted molar refractivity (Wildman–Crippen MR) is 57.5 cm³/mol. The molecule has 2 heterocycles. The minimum atomic E-state index is 0.720. The summed E-state index contributed by atoms with van der Waals surface area (Å²) in [7, 11) is 0. The maximum atomic E-state index is 5.43. The van der Waals surface area contributed by atoms with Crippen LogP contribution < -0.4 is 5.32 Å². The van der Waals surface area contributed by atoms with Crippen LogP contribution >= 0.6 is 0 Å². The highest BCUT2D eigenvalue weighted by molar-refractivity contribution is 4.83. The van der Waals surface area contributed by atoms with Gasteiger partial charge in [-0.1, -0.05) is 6.92 Å². The molecule has 3 heteroatoms. The van der Waals surface area contributed by atoms with E-state index in [1.54, 1.807) is 0 Å². The molecule has 0 aromatic carbocycles. The molecular formula is C11H22N2O. The monoisotopic (exact) mass is 198 g/mol. The topological polar surface area (TPSA) is 24.5 Å². The third-order valence-electron chi connectivity index (χ3n) is 3.44. The third kappa shape index (κ3) is 2.47. The van der Waals surface area contributed by atoms with Crippen LogP contribution in [0.25, 0.3) is 0 Å². The van der Waals surface area contributed by atoms with Crippen LogP contribution in [0, 0.1) is 0 Å². The number of nitrogens with zero attached hydrogens (tertiary/aromatic N) is 1. The van der Waals surface area contributed by atoms with E-state index in [2.05, 4.69) is 17.1 Å². The Morgan fingerprint density at radius 3 is 2.64 bits per heavy atom. The van der Waals surface area contributed by atoms with Crippen LogP contribution in [0.5, 0.6) is 0 Å². The molecule has 3 nitrogen and oxygen atoms in total. The summed E-state index contributed by atoms with van der Waals surface area (Å²) in [5, 5.41) is 3.54. The van der Waals surface area contributed by atoms with E-state index in [0.717, 1.165) is 31.8 Å². The molecule has 2 saturated heterocycles. The third-order valence-corrected chi connectivity index (χ3v) is 3.44. The summed E-state index contributed by atoms with van der Waals surface area (Å²) in [6.07, 6.45) is 3.86. The molecule has 2 aliphatic heterocycles. The van der Waals surface area contributed by atoms with Crippen molar-refractivity contribution in [1.29, 1.82) is 0 Å². The second-order valence-electron chi connectivity index (χ2n) is 4.39. The minimum Gasteiger partial charge on any atom is -0.380 e. The fraction of sp³-hybridized carbons (Fsp3) is 1.00. The van der Waals surface area contributed by atoms with Gasteiger partial charge in [-0.25, -0.2) is 0 Å². The van der Waals surface area contributed by atoms with Crippen molar-refractivity contribution in [1.82, 2.24) is 10.2 Å². The molecular weight excluding hydrogens is 176 g/mol. The lowest BCUT2D eigenvalue weighted by Crippen LogP contribution is -2.46. The molecule has 1 N–H and O–H groups in total. The van der Waals surface area contributed by atoms with Gasteiger partial charge >= 0.3 is 0 Å². The Hall–Kier alpha value is -0.120. The van der Waals surface area contributed by atoms with Crippen molar-refractivity contribution in [3.05, 3.63) is 0 Å². The van der Waals surface area contributed by atoms with E-state index >= 15 is 0 Å². The second kappa shape index (κ2) is 5.10. The molecule has 0 saturated carbocycles. The number of ether oxygens (including phenoxy) is 1. The highest BCUT2D eigenvalue weighted by Gasteiger charge is 2.26. The van der Waals surface area contributed by atoms with Crippen molar-refractivity contribution in [2.45, 2.75) is 38.3 Å². The maximum Gasteiger partial charge on any atom is 0.0622 e. The lowest BCUT2D eigenvalue weighted by Gasteiger charge is -2.35. The molecule has 0 aromatic rings. The van der Waals surface area contributed by atoms with Crippen molar-refractivity contribution in [3.8, 4) is 0 Å². The van der Waals surface area contributed by atoms with E-state index in [9.17, 15) is 0 Å². The molecule has 1 atom stereocenters. The predicted octanol–water partition coefficient (Wildman–Crippen LogP) is 0.849. The average molecular weight is 198 g/mol. The van der Waals surface area contributed by atoms with Crippen LogP contribution in [-0.4, -0.2) is 49.8 Å². The summed E-state index contributed by atoms with van der Waals surface area (Å²) in [6.45, 7) is 7.75. The Bertz CT molecular complexity index is 161. The first-order valence-corrected chi connectivity index (χ1v) is 5.95. The summed E-state index contributed by atoms with van der Waals surface area (Å²) in [5.74, 6) is 0. The fourth-order valence-corrected chi connectivity index (χ4v) is 2.57. The van der Waals surface area contributed by atoms with Gasteiger partial charge in [0, 0.05) is 31.8 Å². The van der Waals surface area contributed by atoms with Gasteiger partial charge in [0.25, 0.3) is 0 Å². The summed E-state index contributed by atoms with van der Waals surface area (Å²) in [4.78, 5) is 2.61. The van der Waals surface area contributed by atoms with Crippen LogP contribution in [0.3, 0.4) is 0 Å². The van der Waals surface area contributed by atoms with Crippen molar-refractivity contribution >= 4 is 0 Å². The number of nitrogens with one attached hydrogen (secondary N) is 1. The number of hydrogen-bond acceptors (Lipinski definition) is 3. The molecule has 2 aliphatic rings. The smallest absolute Gasteiger partial charge is 0.0622 e. The molecule has 0 amide bonds. The van der Waals surface area contributed by atoms with E-state index in [4.69, 9.17) is 4.74 Å². The minimum absolute atomic E-state index is 0.720. The van der Waals surface area contributed by atoms with Gasteiger partial charge in [0.1, 0.15) is 0 Å². The normalized spacial score (nSPS) is 31.1. The largest absolute Gasteiger partial charge is 0.380 e. The zero-order valence-electron chi connectivity index (χ0n) is 9.17. The van der Waals surface area contributed by atoms with E-state index in [-0.39, 0.29) is 0 Å². The summed E-state index contributed by atoms with van der Waals surface area (Å²) in [6, 6.07) is 1.48. The second-order valence-corrected chi connectivity index (χ2v) is 4.39. The van der Waals surface area contributed by atoms with Crippen molar-refractivity contribution in [2.75, 3.05) is 32.8 Å². The van der Waals surface area contributed by atoms with Crippen molar-refractivity contribution in [2.24, 2.45) is 0 Å². The van der Waals surface area contributed by atoms with Gasteiger partial charge in [-0.15, -0.1) is 0 Å². The zero-order chi connectivity index (χ0) is 9.80. The first kappa shape index (κ1) is 10.4.